The Morgan fingerprint density at radius 1 is 1.45 bits per heavy atom. The van der Waals surface area contributed by atoms with Gasteiger partial charge in [-0.2, -0.15) is 0 Å². The van der Waals surface area contributed by atoms with E-state index in [9.17, 15) is 8.42 Å². The SMILES string of the molecule is COc1c(Br)cc(Cl)cc1S(=O)(=O)NC(CN)C(C)C. The average molecular weight is 386 g/mol. The zero-order valence-electron chi connectivity index (χ0n) is 11.5. The minimum atomic E-state index is -3.77. The second-order valence-electron chi connectivity index (χ2n) is 4.63. The van der Waals surface area contributed by atoms with Crippen molar-refractivity contribution in [1.29, 1.82) is 0 Å². The van der Waals surface area contributed by atoms with Gasteiger partial charge in [-0.25, -0.2) is 13.1 Å². The summed E-state index contributed by atoms with van der Waals surface area (Å²) in [4.78, 5) is -0.0153. The van der Waals surface area contributed by atoms with E-state index < -0.39 is 10.0 Å². The van der Waals surface area contributed by atoms with Gasteiger partial charge in [0.05, 0.1) is 11.6 Å². The van der Waals surface area contributed by atoms with E-state index in [0.29, 0.717) is 9.50 Å². The van der Waals surface area contributed by atoms with E-state index in [2.05, 4.69) is 20.7 Å². The predicted molar refractivity (Wildman–Crippen MR) is 83.7 cm³/mol. The molecule has 1 rings (SSSR count). The predicted octanol–water partition coefficient (Wildman–Crippen LogP) is 2.37. The van der Waals surface area contributed by atoms with Crippen LogP contribution in [-0.2, 0) is 10.0 Å². The number of nitrogens with one attached hydrogen (secondary N) is 1. The van der Waals surface area contributed by atoms with E-state index in [1.165, 1.54) is 13.2 Å². The van der Waals surface area contributed by atoms with Gasteiger partial charge in [-0.05, 0) is 34.0 Å². The summed E-state index contributed by atoms with van der Waals surface area (Å²) in [5.74, 6) is 0.282. The van der Waals surface area contributed by atoms with E-state index in [1.807, 2.05) is 13.8 Å². The zero-order valence-corrected chi connectivity index (χ0v) is 14.6. The second kappa shape index (κ2) is 7.09. The van der Waals surface area contributed by atoms with Crippen LogP contribution >= 0.6 is 27.5 Å². The molecule has 1 aromatic rings. The molecule has 114 valence electrons. The third kappa shape index (κ3) is 4.08. The van der Waals surface area contributed by atoms with Crippen molar-refractivity contribution in [3.63, 3.8) is 0 Å². The highest BCUT2D eigenvalue weighted by Crippen LogP contribution is 2.35. The number of hydrogen-bond donors (Lipinski definition) is 2. The van der Waals surface area contributed by atoms with Crippen molar-refractivity contribution in [2.75, 3.05) is 13.7 Å². The van der Waals surface area contributed by atoms with Crippen LogP contribution in [0.25, 0.3) is 0 Å². The Labute approximate surface area is 133 Å². The number of nitrogens with two attached hydrogens (primary N) is 1. The number of benzene rings is 1. The van der Waals surface area contributed by atoms with Gasteiger partial charge in [-0.1, -0.05) is 25.4 Å². The summed E-state index contributed by atoms with van der Waals surface area (Å²) in [5.41, 5.74) is 5.60. The van der Waals surface area contributed by atoms with Gasteiger partial charge in [0.15, 0.2) is 5.75 Å². The molecule has 0 saturated heterocycles. The van der Waals surface area contributed by atoms with Crippen LogP contribution in [-0.4, -0.2) is 28.1 Å². The van der Waals surface area contributed by atoms with Crippen molar-refractivity contribution in [1.82, 2.24) is 4.72 Å². The van der Waals surface area contributed by atoms with Crippen molar-refractivity contribution in [3.05, 3.63) is 21.6 Å². The molecule has 0 radical (unpaired) electrons. The topological polar surface area (TPSA) is 81.4 Å². The molecule has 5 nitrogen and oxygen atoms in total. The van der Waals surface area contributed by atoms with Crippen molar-refractivity contribution in [3.8, 4) is 5.75 Å². The first-order valence-corrected chi connectivity index (χ1v) is 8.63. The van der Waals surface area contributed by atoms with Gasteiger partial charge in [0.1, 0.15) is 4.90 Å². The van der Waals surface area contributed by atoms with E-state index >= 15 is 0 Å². The molecule has 1 unspecified atom stereocenters. The maximum Gasteiger partial charge on any atom is 0.244 e. The lowest BCUT2D eigenvalue weighted by atomic mass is 10.1. The number of rotatable bonds is 6. The maximum atomic E-state index is 12.5. The molecule has 1 aromatic carbocycles. The number of methoxy groups -OCH3 is 1. The van der Waals surface area contributed by atoms with E-state index in [-0.39, 0.29) is 29.1 Å². The smallest absolute Gasteiger partial charge is 0.244 e. The quantitative estimate of drug-likeness (QED) is 0.787. The lowest BCUT2D eigenvalue weighted by Gasteiger charge is -2.21. The van der Waals surface area contributed by atoms with E-state index in [4.69, 9.17) is 22.1 Å². The summed E-state index contributed by atoms with van der Waals surface area (Å²) in [6.07, 6.45) is 0. The zero-order chi connectivity index (χ0) is 15.5. The lowest BCUT2D eigenvalue weighted by molar-refractivity contribution is 0.398. The number of ether oxygens (including phenoxy) is 1. The summed E-state index contributed by atoms with van der Waals surface area (Å²) in [6, 6.07) is 2.56. The number of sulfonamides is 1. The monoisotopic (exact) mass is 384 g/mol. The van der Waals surface area contributed by atoms with Crippen molar-refractivity contribution in [2.24, 2.45) is 11.7 Å². The van der Waals surface area contributed by atoms with Crippen molar-refractivity contribution >= 4 is 37.6 Å². The fourth-order valence-corrected chi connectivity index (χ4v) is 4.44. The first kappa shape index (κ1) is 17.7. The molecule has 0 saturated carbocycles. The van der Waals surface area contributed by atoms with Gasteiger partial charge in [0.25, 0.3) is 0 Å². The van der Waals surface area contributed by atoms with Crippen LogP contribution in [0, 0.1) is 5.92 Å². The molecule has 0 aliphatic carbocycles. The molecule has 1 atom stereocenters. The molecular weight excluding hydrogens is 368 g/mol. The Morgan fingerprint density at radius 2 is 2.05 bits per heavy atom. The van der Waals surface area contributed by atoms with Crippen LogP contribution in [0.15, 0.2) is 21.5 Å². The van der Waals surface area contributed by atoms with Crippen LogP contribution < -0.4 is 15.2 Å². The van der Waals surface area contributed by atoms with Crippen LogP contribution in [0.1, 0.15) is 13.8 Å². The lowest BCUT2D eigenvalue weighted by Crippen LogP contribution is -2.43. The minimum absolute atomic E-state index is 0.0153. The maximum absolute atomic E-state index is 12.5. The molecule has 8 heteroatoms. The van der Waals surface area contributed by atoms with Crippen molar-refractivity contribution in [2.45, 2.75) is 24.8 Å². The van der Waals surface area contributed by atoms with E-state index in [1.54, 1.807) is 6.07 Å². The second-order valence-corrected chi connectivity index (χ2v) is 7.60. The molecule has 0 bridgehead atoms. The third-order valence-corrected chi connectivity index (χ3v) is 5.14. The van der Waals surface area contributed by atoms with Crippen LogP contribution in [0.4, 0.5) is 0 Å². The highest BCUT2D eigenvalue weighted by atomic mass is 79.9. The average Bonchev–Trinajstić information content (AvgIpc) is 2.34. The molecule has 0 spiro atoms. The molecule has 0 amide bonds. The van der Waals surface area contributed by atoms with Gasteiger partial charge >= 0.3 is 0 Å². The summed E-state index contributed by atoms with van der Waals surface area (Å²) in [7, 11) is -2.38. The van der Waals surface area contributed by atoms with Gasteiger partial charge in [0, 0.05) is 17.6 Å². The standard InChI is InChI=1S/C12H18BrClN2O3S/c1-7(2)10(6-15)16-20(17,18)11-5-8(14)4-9(13)12(11)19-3/h4-5,7,10,16H,6,15H2,1-3H3. The Bertz CT molecular complexity index is 578. The molecule has 20 heavy (non-hydrogen) atoms. The van der Waals surface area contributed by atoms with Crippen LogP contribution in [0.3, 0.4) is 0 Å². The summed E-state index contributed by atoms with van der Waals surface area (Å²) in [6.45, 7) is 4.00. The summed E-state index contributed by atoms with van der Waals surface area (Å²) < 4.78 is 33.1. The van der Waals surface area contributed by atoms with Gasteiger partial charge < -0.3 is 10.5 Å². The first-order chi connectivity index (χ1) is 9.22. The van der Waals surface area contributed by atoms with Crippen LogP contribution in [0.5, 0.6) is 5.75 Å². The molecule has 3 N–H and O–H groups in total. The molecule has 0 aromatic heterocycles. The molecule has 0 aliphatic rings. The molecule has 0 heterocycles. The van der Waals surface area contributed by atoms with Gasteiger partial charge in [-0.15, -0.1) is 0 Å². The fourth-order valence-electron chi connectivity index (χ4n) is 1.65. The molecular formula is C12H18BrClN2O3S. The van der Waals surface area contributed by atoms with E-state index in [0.717, 1.165) is 0 Å². The highest BCUT2D eigenvalue weighted by molar-refractivity contribution is 9.10. The molecule has 0 fully saturated rings. The van der Waals surface area contributed by atoms with Crippen LogP contribution in [0.2, 0.25) is 5.02 Å². The summed E-state index contributed by atoms with van der Waals surface area (Å²) >= 11 is 9.15. The largest absolute Gasteiger partial charge is 0.494 e. The minimum Gasteiger partial charge on any atom is -0.494 e. The third-order valence-electron chi connectivity index (χ3n) is 2.83. The summed E-state index contributed by atoms with van der Waals surface area (Å²) in [5, 5.41) is 0.298. The van der Waals surface area contributed by atoms with Gasteiger partial charge in [-0.3, -0.25) is 0 Å². The fraction of sp³-hybridized carbons (Fsp3) is 0.500. The Morgan fingerprint density at radius 3 is 2.50 bits per heavy atom. The Kier molecular flexibility index (Phi) is 6.27. The molecule has 0 aliphatic heterocycles. The van der Waals surface area contributed by atoms with Gasteiger partial charge in [0.2, 0.25) is 10.0 Å². The highest BCUT2D eigenvalue weighted by Gasteiger charge is 2.26. The first-order valence-electron chi connectivity index (χ1n) is 5.98. The number of hydrogen-bond acceptors (Lipinski definition) is 4. The Hall–Kier alpha value is -0.340. The normalized spacial score (nSPS) is 13.6. The van der Waals surface area contributed by atoms with Crippen molar-refractivity contribution < 1.29 is 13.2 Å². The number of halogens is 2. The Balaban J connectivity index is 3.28.